The van der Waals surface area contributed by atoms with Crippen molar-refractivity contribution in [2.75, 3.05) is 11.8 Å². The van der Waals surface area contributed by atoms with Gasteiger partial charge in [-0.15, -0.1) is 0 Å². The van der Waals surface area contributed by atoms with E-state index >= 15 is 0 Å². The highest BCUT2D eigenvalue weighted by atomic mass is 32.2. The van der Waals surface area contributed by atoms with Crippen LogP contribution in [-0.4, -0.2) is 38.2 Å². The molecule has 0 aliphatic heterocycles. The standard InChI is InChI=1S/C26H26FN3O4S/c1-17-3-14-23(35(33,34)29-21-10-8-20(27)9-11-21)15-24(17)26(32)30(22-12-13-22)16-18-4-6-19(7-5-18)25(31)28-2/h3-11,14-15,22,29H,12-13,16H2,1-2H3,(H,28,31). The van der Waals surface area contributed by atoms with E-state index in [1.54, 1.807) is 37.1 Å². The first kappa shape index (κ1) is 24.4. The van der Waals surface area contributed by atoms with E-state index < -0.39 is 15.8 Å². The summed E-state index contributed by atoms with van der Waals surface area (Å²) in [6.07, 6.45) is 1.76. The summed E-state index contributed by atoms with van der Waals surface area (Å²) in [6.45, 7) is 2.11. The van der Waals surface area contributed by atoms with Crippen LogP contribution in [0.15, 0.2) is 71.6 Å². The van der Waals surface area contributed by atoms with Gasteiger partial charge in [0.25, 0.3) is 21.8 Å². The van der Waals surface area contributed by atoms with E-state index in [-0.39, 0.29) is 28.4 Å². The minimum Gasteiger partial charge on any atom is -0.355 e. The van der Waals surface area contributed by atoms with E-state index in [0.717, 1.165) is 30.5 Å². The molecule has 1 saturated carbocycles. The highest BCUT2D eigenvalue weighted by molar-refractivity contribution is 7.92. The normalized spacial score (nSPS) is 13.2. The van der Waals surface area contributed by atoms with Gasteiger partial charge in [-0.3, -0.25) is 14.3 Å². The van der Waals surface area contributed by atoms with Gasteiger partial charge in [0.1, 0.15) is 5.82 Å². The van der Waals surface area contributed by atoms with E-state index in [4.69, 9.17) is 0 Å². The lowest BCUT2D eigenvalue weighted by molar-refractivity contribution is 0.0728. The molecule has 3 aromatic carbocycles. The second-order valence-corrected chi connectivity index (χ2v) is 10.2. The molecule has 2 N–H and O–H groups in total. The van der Waals surface area contributed by atoms with Crippen molar-refractivity contribution < 1.29 is 22.4 Å². The molecule has 35 heavy (non-hydrogen) atoms. The molecule has 9 heteroatoms. The largest absolute Gasteiger partial charge is 0.355 e. The zero-order valence-electron chi connectivity index (χ0n) is 19.4. The smallest absolute Gasteiger partial charge is 0.261 e. The monoisotopic (exact) mass is 495 g/mol. The highest BCUT2D eigenvalue weighted by Crippen LogP contribution is 2.31. The minimum atomic E-state index is -3.98. The fraction of sp³-hybridized carbons (Fsp3) is 0.231. The Morgan fingerprint density at radius 3 is 2.26 bits per heavy atom. The molecule has 1 aliphatic carbocycles. The van der Waals surface area contributed by atoms with E-state index in [9.17, 15) is 22.4 Å². The quantitative estimate of drug-likeness (QED) is 0.492. The molecule has 0 bridgehead atoms. The minimum absolute atomic E-state index is 0.0542. The summed E-state index contributed by atoms with van der Waals surface area (Å²) in [5.74, 6) is -0.909. The molecular weight excluding hydrogens is 469 g/mol. The summed E-state index contributed by atoms with van der Waals surface area (Å²) >= 11 is 0. The van der Waals surface area contributed by atoms with Gasteiger partial charge < -0.3 is 10.2 Å². The van der Waals surface area contributed by atoms with Gasteiger partial charge in [-0.25, -0.2) is 12.8 Å². The molecule has 1 aliphatic rings. The molecule has 0 aromatic heterocycles. The van der Waals surface area contributed by atoms with Gasteiger partial charge in [0.15, 0.2) is 0 Å². The number of anilines is 1. The second kappa shape index (κ2) is 9.87. The zero-order valence-corrected chi connectivity index (χ0v) is 20.2. The Kier molecular flexibility index (Phi) is 6.88. The predicted molar refractivity (Wildman–Crippen MR) is 131 cm³/mol. The van der Waals surface area contributed by atoms with Gasteiger partial charge in [0.2, 0.25) is 0 Å². The third-order valence-corrected chi connectivity index (χ3v) is 7.27. The highest BCUT2D eigenvalue weighted by Gasteiger charge is 2.34. The number of amides is 2. The van der Waals surface area contributed by atoms with Crippen LogP contribution in [0.5, 0.6) is 0 Å². The Hall–Kier alpha value is -3.72. The molecule has 1 fully saturated rings. The number of hydrogen-bond acceptors (Lipinski definition) is 4. The molecule has 4 rings (SSSR count). The fourth-order valence-electron chi connectivity index (χ4n) is 3.74. The van der Waals surface area contributed by atoms with Crippen LogP contribution in [0.1, 0.15) is 44.7 Å². The average molecular weight is 496 g/mol. The Bertz CT molecular complexity index is 1350. The summed E-state index contributed by atoms with van der Waals surface area (Å²) in [7, 11) is -2.42. The molecule has 0 radical (unpaired) electrons. The molecule has 182 valence electrons. The molecular formula is C26H26FN3O4S. The van der Waals surface area contributed by atoms with Gasteiger partial charge >= 0.3 is 0 Å². The summed E-state index contributed by atoms with van der Waals surface area (Å²) in [5, 5.41) is 2.58. The number of sulfonamides is 1. The molecule has 2 amide bonds. The van der Waals surface area contributed by atoms with Crippen molar-refractivity contribution in [2.24, 2.45) is 0 Å². The molecule has 0 unspecified atom stereocenters. The predicted octanol–water partition coefficient (Wildman–Crippen LogP) is 4.10. The third kappa shape index (κ3) is 5.68. The van der Waals surface area contributed by atoms with Crippen LogP contribution >= 0.6 is 0 Å². The molecule has 0 spiro atoms. The number of hydrogen-bond donors (Lipinski definition) is 2. The van der Waals surface area contributed by atoms with Gasteiger partial charge in [-0.05, 0) is 79.4 Å². The Balaban J connectivity index is 1.58. The SMILES string of the molecule is CNC(=O)c1ccc(CN(C(=O)c2cc(S(=O)(=O)Nc3ccc(F)cc3)ccc2C)C2CC2)cc1. The van der Waals surface area contributed by atoms with Crippen LogP contribution in [0.2, 0.25) is 0 Å². The first-order valence-corrected chi connectivity index (χ1v) is 12.7. The maximum atomic E-state index is 13.6. The van der Waals surface area contributed by atoms with Gasteiger partial charge in [0.05, 0.1) is 4.90 Å². The number of carbonyl (C=O) groups excluding carboxylic acids is 2. The molecule has 3 aromatic rings. The van der Waals surface area contributed by atoms with Crippen LogP contribution in [0.4, 0.5) is 10.1 Å². The molecule has 0 atom stereocenters. The molecule has 0 saturated heterocycles. The third-order valence-electron chi connectivity index (χ3n) is 5.89. The second-order valence-electron chi connectivity index (χ2n) is 8.53. The van der Waals surface area contributed by atoms with Crippen LogP contribution < -0.4 is 10.0 Å². The first-order chi connectivity index (χ1) is 16.7. The van der Waals surface area contributed by atoms with Crippen LogP contribution in [0.25, 0.3) is 0 Å². The lowest BCUT2D eigenvalue weighted by atomic mass is 10.1. The number of benzene rings is 3. The van der Waals surface area contributed by atoms with Crippen molar-refractivity contribution in [3.05, 3.63) is 94.8 Å². The Morgan fingerprint density at radius 2 is 1.66 bits per heavy atom. The van der Waals surface area contributed by atoms with Crippen molar-refractivity contribution in [2.45, 2.75) is 37.2 Å². The van der Waals surface area contributed by atoms with E-state index in [2.05, 4.69) is 10.0 Å². The van der Waals surface area contributed by atoms with Crippen molar-refractivity contribution in [3.8, 4) is 0 Å². The van der Waals surface area contributed by atoms with Crippen LogP contribution in [0, 0.1) is 12.7 Å². The number of carbonyl (C=O) groups is 2. The fourth-order valence-corrected chi connectivity index (χ4v) is 4.83. The molecule has 7 nitrogen and oxygen atoms in total. The first-order valence-electron chi connectivity index (χ1n) is 11.2. The number of rotatable bonds is 8. The summed E-state index contributed by atoms with van der Waals surface area (Å²) in [6, 6.07) is 16.5. The van der Waals surface area contributed by atoms with Crippen molar-refractivity contribution in [3.63, 3.8) is 0 Å². The van der Waals surface area contributed by atoms with E-state index in [1.165, 1.54) is 24.3 Å². The Labute approximate surface area is 204 Å². The van der Waals surface area contributed by atoms with Crippen molar-refractivity contribution in [1.29, 1.82) is 0 Å². The number of nitrogens with one attached hydrogen (secondary N) is 2. The summed E-state index contributed by atoms with van der Waals surface area (Å²) in [5.41, 5.74) is 2.59. The van der Waals surface area contributed by atoms with Crippen LogP contribution in [-0.2, 0) is 16.6 Å². The van der Waals surface area contributed by atoms with E-state index in [1.807, 2.05) is 12.1 Å². The van der Waals surface area contributed by atoms with Gasteiger partial charge in [-0.1, -0.05) is 18.2 Å². The maximum Gasteiger partial charge on any atom is 0.261 e. The number of aryl methyl sites for hydroxylation is 1. The van der Waals surface area contributed by atoms with Crippen molar-refractivity contribution >= 4 is 27.5 Å². The number of halogens is 1. The zero-order chi connectivity index (χ0) is 25.2. The number of nitrogens with zero attached hydrogens (tertiary/aromatic N) is 1. The average Bonchev–Trinajstić information content (AvgIpc) is 3.69. The summed E-state index contributed by atoms with van der Waals surface area (Å²) < 4.78 is 41.4. The topological polar surface area (TPSA) is 95.6 Å². The van der Waals surface area contributed by atoms with Crippen molar-refractivity contribution in [1.82, 2.24) is 10.2 Å². The van der Waals surface area contributed by atoms with E-state index in [0.29, 0.717) is 23.2 Å². The Morgan fingerprint density at radius 1 is 1.00 bits per heavy atom. The maximum absolute atomic E-state index is 13.6. The van der Waals surface area contributed by atoms with Gasteiger partial charge in [-0.2, -0.15) is 0 Å². The lowest BCUT2D eigenvalue weighted by Crippen LogP contribution is -2.33. The summed E-state index contributed by atoms with van der Waals surface area (Å²) in [4.78, 5) is 27.0. The van der Waals surface area contributed by atoms with Gasteiger partial charge in [0, 0.05) is 36.4 Å². The van der Waals surface area contributed by atoms with Crippen LogP contribution in [0.3, 0.4) is 0 Å². The molecule has 0 heterocycles. The lowest BCUT2D eigenvalue weighted by Gasteiger charge is -2.24.